The van der Waals surface area contributed by atoms with Gasteiger partial charge in [-0.2, -0.15) is 5.10 Å². The van der Waals surface area contributed by atoms with Gasteiger partial charge in [0.15, 0.2) is 0 Å². The van der Waals surface area contributed by atoms with Crippen LogP contribution in [0.3, 0.4) is 0 Å². The van der Waals surface area contributed by atoms with E-state index in [9.17, 15) is 9.59 Å². The largest absolute Gasteiger partial charge is 0.332 e. The summed E-state index contributed by atoms with van der Waals surface area (Å²) in [6, 6.07) is 4.79. The molecule has 8 heteroatoms. The molecule has 6 nitrogen and oxygen atoms in total. The summed E-state index contributed by atoms with van der Waals surface area (Å²) in [7, 11) is 3.35. The number of nitrogens with zero attached hydrogens (tertiary/aromatic N) is 3. The molecule has 2 aromatic rings. The summed E-state index contributed by atoms with van der Waals surface area (Å²) in [6.07, 6.45) is 0. The minimum absolute atomic E-state index is 0.0904. The van der Waals surface area contributed by atoms with E-state index in [0.29, 0.717) is 27.0 Å². The SMILES string of the molecule is Cc1nn(C)c(C)c1C(=O)N(C)CC(=O)Nc1ccc(Cl)c(Cl)c1. The number of hydrogen-bond acceptors (Lipinski definition) is 3. The van der Waals surface area contributed by atoms with Crippen LogP contribution in [0, 0.1) is 13.8 Å². The lowest BCUT2D eigenvalue weighted by atomic mass is 10.1. The standard InChI is InChI=1S/C16H18Cl2N4O2/c1-9-15(10(2)22(4)20-9)16(24)21(3)8-14(23)19-11-5-6-12(17)13(18)7-11/h5-7H,8H2,1-4H3,(H,19,23). The highest BCUT2D eigenvalue weighted by molar-refractivity contribution is 6.42. The first-order valence-corrected chi connectivity index (χ1v) is 7.97. The van der Waals surface area contributed by atoms with Crippen molar-refractivity contribution < 1.29 is 9.59 Å². The van der Waals surface area contributed by atoms with Crippen LogP contribution < -0.4 is 5.32 Å². The van der Waals surface area contributed by atoms with E-state index in [-0.39, 0.29) is 18.4 Å². The molecule has 0 radical (unpaired) electrons. The van der Waals surface area contributed by atoms with Gasteiger partial charge in [-0.15, -0.1) is 0 Å². The molecule has 0 saturated carbocycles. The van der Waals surface area contributed by atoms with Crippen LogP contribution in [-0.2, 0) is 11.8 Å². The Morgan fingerprint density at radius 2 is 1.92 bits per heavy atom. The van der Waals surface area contributed by atoms with Crippen molar-refractivity contribution in [3.05, 3.63) is 45.2 Å². The highest BCUT2D eigenvalue weighted by Gasteiger charge is 2.22. The van der Waals surface area contributed by atoms with Crippen molar-refractivity contribution in [2.75, 3.05) is 18.9 Å². The first-order valence-electron chi connectivity index (χ1n) is 7.21. The third-order valence-corrected chi connectivity index (χ3v) is 4.39. The van der Waals surface area contributed by atoms with Crippen molar-refractivity contribution in [1.29, 1.82) is 0 Å². The Balaban J connectivity index is 2.05. The molecule has 0 spiro atoms. The quantitative estimate of drug-likeness (QED) is 0.901. The molecular weight excluding hydrogens is 351 g/mol. The number of anilines is 1. The van der Waals surface area contributed by atoms with Gasteiger partial charge in [0.1, 0.15) is 0 Å². The van der Waals surface area contributed by atoms with E-state index < -0.39 is 0 Å². The van der Waals surface area contributed by atoms with E-state index in [2.05, 4.69) is 10.4 Å². The van der Waals surface area contributed by atoms with Crippen LogP contribution in [0.25, 0.3) is 0 Å². The van der Waals surface area contributed by atoms with Crippen LogP contribution in [0.5, 0.6) is 0 Å². The fraction of sp³-hybridized carbons (Fsp3) is 0.312. The third kappa shape index (κ3) is 3.88. The summed E-state index contributed by atoms with van der Waals surface area (Å²) in [5, 5.41) is 7.66. The molecule has 2 amide bonds. The first kappa shape index (κ1) is 18.3. The van der Waals surface area contributed by atoms with Crippen molar-refractivity contribution in [3.8, 4) is 0 Å². The second-order valence-corrected chi connectivity index (χ2v) is 6.32. The Morgan fingerprint density at radius 3 is 2.46 bits per heavy atom. The lowest BCUT2D eigenvalue weighted by molar-refractivity contribution is -0.116. The van der Waals surface area contributed by atoms with Crippen LogP contribution in [-0.4, -0.2) is 40.1 Å². The number of aromatic nitrogens is 2. The number of rotatable bonds is 4. The number of hydrogen-bond donors (Lipinski definition) is 1. The maximum absolute atomic E-state index is 12.5. The maximum atomic E-state index is 12.5. The van der Waals surface area contributed by atoms with Gasteiger partial charge in [0, 0.05) is 25.5 Å². The minimum atomic E-state index is -0.330. The Labute approximate surface area is 150 Å². The fourth-order valence-corrected chi connectivity index (χ4v) is 2.63. The van der Waals surface area contributed by atoms with Crippen molar-refractivity contribution >= 4 is 40.7 Å². The topological polar surface area (TPSA) is 67.2 Å². The van der Waals surface area contributed by atoms with E-state index >= 15 is 0 Å². The normalized spacial score (nSPS) is 10.6. The van der Waals surface area contributed by atoms with Crippen LogP contribution in [0.4, 0.5) is 5.69 Å². The van der Waals surface area contributed by atoms with E-state index in [1.54, 1.807) is 43.9 Å². The van der Waals surface area contributed by atoms with E-state index in [1.165, 1.54) is 4.90 Å². The lowest BCUT2D eigenvalue weighted by Gasteiger charge is -2.17. The van der Waals surface area contributed by atoms with Gasteiger partial charge < -0.3 is 10.2 Å². The van der Waals surface area contributed by atoms with E-state index in [4.69, 9.17) is 23.2 Å². The van der Waals surface area contributed by atoms with Crippen LogP contribution in [0.2, 0.25) is 10.0 Å². The zero-order valence-electron chi connectivity index (χ0n) is 13.9. The predicted octanol–water partition coefficient (Wildman–Crippen LogP) is 3.05. The van der Waals surface area contributed by atoms with E-state index in [0.717, 1.165) is 5.69 Å². The monoisotopic (exact) mass is 368 g/mol. The summed E-state index contributed by atoms with van der Waals surface area (Å²) in [4.78, 5) is 26.0. The molecule has 0 saturated heterocycles. The smallest absolute Gasteiger partial charge is 0.257 e. The molecule has 2 rings (SSSR count). The zero-order chi connectivity index (χ0) is 18.0. The lowest BCUT2D eigenvalue weighted by Crippen LogP contribution is -2.35. The number of carbonyl (C=O) groups excluding carboxylic acids is 2. The molecule has 0 unspecified atom stereocenters. The molecule has 0 aliphatic rings. The molecule has 0 fully saturated rings. The molecule has 0 atom stereocenters. The van der Waals surface area contributed by atoms with Gasteiger partial charge in [-0.3, -0.25) is 14.3 Å². The van der Waals surface area contributed by atoms with Crippen LogP contribution in [0.1, 0.15) is 21.7 Å². The average molecular weight is 369 g/mol. The van der Waals surface area contributed by atoms with E-state index in [1.807, 2.05) is 6.92 Å². The average Bonchev–Trinajstić information content (AvgIpc) is 2.75. The highest BCUT2D eigenvalue weighted by Crippen LogP contribution is 2.25. The van der Waals surface area contributed by atoms with Crippen molar-refractivity contribution in [2.45, 2.75) is 13.8 Å². The number of aryl methyl sites for hydroxylation is 2. The van der Waals surface area contributed by atoms with Gasteiger partial charge in [0.25, 0.3) is 5.91 Å². The molecule has 0 aliphatic heterocycles. The summed E-state index contributed by atoms with van der Waals surface area (Å²) < 4.78 is 1.65. The van der Waals surface area contributed by atoms with Gasteiger partial charge in [-0.1, -0.05) is 23.2 Å². The van der Waals surface area contributed by atoms with Crippen molar-refractivity contribution in [3.63, 3.8) is 0 Å². The molecule has 1 aromatic carbocycles. The third-order valence-electron chi connectivity index (χ3n) is 3.65. The Kier molecular flexibility index (Phi) is 5.51. The second kappa shape index (κ2) is 7.23. The molecule has 1 heterocycles. The number of nitrogens with one attached hydrogen (secondary N) is 1. The number of benzene rings is 1. The van der Waals surface area contributed by atoms with Gasteiger partial charge in [0.05, 0.1) is 27.8 Å². The van der Waals surface area contributed by atoms with Crippen LogP contribution in [0.15, 0.2) is 18.2 Å². The summed E-state index contributed by atoms with van der Waals surface area (Å²) >= 11 is 11.8. The fourth-order valence-electron chi connectivity index (χ4n) is 2.34. The molecule has 24 heavy (non-hydrogen) atoms. The van der Waals surface area contributed by atoms with Crippen molar-refractivity contribution in [2.24, 2.45) is 7.05 Å². The summed E-state index contributed by atoms with van der Waals surface area (Å²) in [5.41, 5.74) is 2.43. The Hall–Kier alpha value is -2.05. The highest BCUT2D eigenvalue weighted by atomic mass is 35.5. The van der Waals surface area contributed by atoms with Gasteiger partial charge in [-0.05, 0) is 32.0 Å². The predicted molar refractivity (Wildman–Crippen MR) is 94.7 cm³/mol. The van der Waals surface area contributed by atoms with Gasteiger partial charge in [0.2, 0.25) is 5.91 Å². The maximum Gasteiger partial charge on any atom is 0.257 e. The molecule has 1 aromatic heterocycles. The molecule has 0 bridgehead atoms. The molecule has 1 N–H and O–H groups in total. The van der Waals surface area contributed by atoms with Crippen molar-refractivity contribution in [1.82, 2.24) is 14.7 Å². The molecule has 128 valence electrons. The minimum Gasteiger partial charge on any atom is -0.332 e. The van der Waals surface area contributed by atoms with Gasteiger partial charge in [-0.25, -0.2) is 0 Å². The number of likely N-dealkylation sites (N-methyl/N-ethyl adjacent to an activating group) is 1. The summed E-state index contributed by atoms with van der Waals surface area (Å²) in [5.74, 6) is -0.578. The van der Waals surface area contributed by atoms with Crippen LogP contribution >= 0.6 is 23.2 Å². The Morgan fingerprint density at radius 1 is 1.25 bits per heavy atom. The zero-order valence-corrected chi connectivity index (χ0v) is 15.4. The first-order chi connectivity index (χ1) is 11.2. The Bertz CT molecular complexity index is 802. The molecule has 0 aliphatic carbocycles. The molecular formula is C16H18Cl2N4O2. The number of amides is 2. The second-order valence-electron chi connectivity index (χ2n) is 5.51. The van der Waals surface area contributed by atoms with Gasteiger partial charge >= 0.3 is 0 Å². The number of halogens is 2. The number of carbonyl (C=O) groups is 2. The summed E-state index contributed by atoms with van der Waals surface area (Å²) in [6.45, 7) is 3.49.